The predicted octanol–water partition coefficient (Wildman–Crippen LogP) is 4.41. The van der Waals surface area contributed by atoms with E-state index in [2.05, 4.69) is 33.0 Å². The zero-order chi connectivity index (χ0) is 23.3. The molecule has 0 radical (unpaired) electrons. The molecule has 3 aromatic rings. The van der Waals surface area contributed by atoms with Crippen molar-refractivity contribution in [2.45, 2.75) is 56.7 Å². The number of nitriles is 1. The van der Waals surface area contributed by atoms with E-state index < -0.39 is 0 Å². The highest BCUT2D eigenvalue weighted by Crippen LogP contribution is 2.31. The van der Waals surface area contributed by atoms with Gasteiger partial charge >= 0.3 is 0 Å². The minimum Gasteiger partial charge on any atom is -0.381 e. The summed E-state index contributed by atoms with van der Waals surface area (Å²) in [4.78, 5) is 9.41. The predicted molar refractivity (Wildman–Crippen MR) is 138 cm³/mol. The number of nitrogens with zero attached hydrogens (tertiary/aromatic N) is 5. The smallest absolute Gasteiger partial charge is 0.229 e. The van der Waals surface area contributed by atoms with Gasteiger partial charge in [0.25, 0.3) is 0 Å². The van der Waals surface area contributed by atoms with Crippen molar-refractivity contribution in [3.8, 4) is 17.2 Å². The van der Waals surface area contributed by atoms with E-state index in [0.717, 1.165) is 74.4 Å². The molecule has 0 atom stereocenters. The Kier molecular flexibility index (Phi) is 8.18. The molecule has 3 heterocycles. The van der Waals surface area contributed by atoms with Gasteiger partial charge in [0.05, 0.1) is 23.9 Å². The third kappa shape index (κ3) is 6.09. The molecule has 1 saturated heterocycles. The molecule has 2 aliphatic rings. The Morgan fingerprint density at radius 1 is 1.03 bits per heavy atom. The second kappa shape index (κ2) is 11.5. The number of rotatable bonds is 6. The van der Waals surface area contributed by atoms with Crippen molar-refractivity contribution < 1.29 is 4.74 Å². The van der Waals surface area contributed by atoms with Gasteiger partial charge in [-0.15, -0.1) is 12.4 Å². The molecule has 1 saturated carbocycles. The molecule has 1 aliphatic carbocycles. The van der Waals surface area contributed by atoms with Crippen LogP contribution in [-0.4, -0.2) is 45.0 Å². The number of benzene rings is 1. The van der Waals surface area contributed by atoms with Crippen LogP contribution in [0.1, 0.15) is 50.1 Å². The van der Waals surface area contributed by atoms with E-state index in [4.69, 9.17) is 20.7 Å². The third-order valence-corrected chi connectivity index (χ3v) is 6.65. The van der Waals surface area contributed by atoms with E-state index in [-0.39, 0.29) is 18.4 Å². The van der Waals surface area contributed by atoms with Gasteiger partial charge in [0.15, 0.2) is 0 Å². The Labute approximate surface area is 211 Å². The van der Waals surface area contributed by atoms with Crippen LogP contribution in [0.4, 0.5) is 17.5 Å². The fourth-order valence-electron chi connectivity index (χ4n) is 4.60. The molecular weight excluding hydrogens is 464 g/mol. The summed E-state index contributed by atoms with van der Waals surface area (Å²) in [5.74, 6) is 1.29. The highest BCUT2D eigenvalue weighted by molar-refractivity contribution is 5.85. The fraction of sp³-hybridized carbons (Fsp3) is 0.440. The molecule has 0 amide bonds. The first-order chi connectivity index (χ1) is 16.7. The van der Waals surface area contributed by atoms with Crippen molar-refractivity contribution in [1.82, 2.24) is 19.7 Å². The average Bonchev–Trinajstić information content (AvgIpc) is 3.37. The van der Waals surface area contributed by atoms with Gasteiger partial charge in [-0.2, -0.15) is 15.3 Å². The Balaban J connectivity index is 0.00000289. The number of aromatic nitrogens is 4. The van der Waals surface area contributed by atoms with Gasteiger partial charge in [-0.1, -0.05) is 0 Å². The number of ether oxygens (including phenoxy) is 1. The normalized spacial score (nSPS) is 20.5. The number of halogens is 1. The lowest BCUT2D eigenvalue weighted by molar-refractivity contribution is 0.0662. The summed E-state index contributed by atoms with van der Waals surface area (Å²) in [6, 6.07) is 10.3. The van der Waals surface area contributed by atoms with Crippen LogP contribution in [-0.2, 0) is 4.74 Å². The van der Waals surface area contributed by atoms with Crippen LogP contribution in [0.3, 0.4) is 0 Å². The van der Waals surface area contributed by atoms with E-state index >= 15 is 0 Å². The first-order valence-corrected chi connectivity index (χ1v) is 12.0. The summed E-state index contributed by atoms with van der Waals surface area (Å²) in [6.07, 6.45) is 11.8. The first kappa shape index (κ1) is 24.9. The van der Waals surface area contributed by atoms with Crippen molar-refractivity contribution in [3.05, 3.63) is 48.4 Å². The average molecular weight is 495 g/mol. The standard InChI is InChI=1S/C25H30N8O.ClH/c26-13-17-1-5-21(6-2-17)31-25-28-15-23(24(32-25)30-20-7-3-19(27)4-8-20)18-14-29-33(16-18)22-9-11-34-12-10-22;/h1-2,5-6,14-16,19-20,22H,3-4,7-12,27H2,(H2,28,30,31,32);1H. The molecular formula is C25H31ClN8O. The first-order valence-electron chi connectivity index (χ1n) is 12.0. The van der Waals surface area contributed by atoms with Crippen LogP contribution < -0.4 is 16.4 Å². The number of hydrogen-bond acceptors (Lipinski definition) is 8. The molecule has 35 heavy (non-hydrogen) atoms. The van der Waals surface area contributed by atoms with Crippen LogP contribution in [0, 0.1) is 11.3 Å². The highest BCUT2D eigenvalue weighted by Gasteiger charge is 2.22. The van der Waals surface area contributed by atoms with E-state index in [1.54, 1.807) is 12.1 Å². The van der Waals surface area contributed by atoms with Crippen molar-refractivity contribution >= 4 is 29.9 Å². The minimum atomic E-state index is 0. The molecule has 1 aromatic carbocycles. The molecule has 1 aliphatic heterocycles. The number of anilines is 3. The fourth-order valence-corrected chi connectivity index (χ4v) is 4.60. The largest absolute Gasteiger partial charge is 0.381 e. The molecule has 0 unspecified atom stereocenters. The van der Waals surface area contributed by atoms with Crippen molar-refractivity contribution in [2.24, 2.45) is 5.73 Å². The monoisotopic (exact) mass is 494 g/mol. The molecule has 0 bridgehead atoms. The summed E-state index contributed by atoms with van der Waals surface area (Å²) >= 11 is 0. The van der Waals surface area contributed by atoms with Crippen molar-refractivity contribution in [3.63, 3.8) is 0 Å². The zero-order valence-corrected chi connectivity index (χ0v) is 20.4. The summed E-state index contributed by atoms with van der Waals surface area (Å²) < 4.78 is 7.54. The van der Waals surface area contributed by atoms with Gasteiger partial charge in [-0.05, 0) is 62.8 Å². The second-order valence-electron chi connectivity index (χ2n) is 9.08. The minimum absolute atomic E-state index is 0. The molecule has 0 spiro atoms. The third-order valence-electron chi connectivity index (χ3n) is 6.65. The molecule has 5 rings (SSSR count). The van der Waals surface area contributed by atoms with Crippen molar-refractivity contribution in [2.75, 3.05) is 23.8 Å². The van der Waals surface area contributed by atoms with Crippen molar-refractivity contribution in [1.29, 1.82) is 5.26 Å². The lowest BCUT2D eigenvalue weighted by Gasteiger charge is -2.28. The van der Waals surface area contributed by atoms with Gasteiger partial charge in [0.1, 0.15) is 5.82 Å². The Hall–Kier alpha value is -3.19. The van der Waals surface area contributed by atoms with E-state index in [9.17, 15) is 0 Å². The van der Waals surface area contributed by atoms with E-state index in [1.165, 1.54) is 0 Å². The molecule has 2 aromatic heterocycles. The van der Waals surface area contributed by atoms with Crippen LogP contribution in [0.5, 0.6) is 0 Å². The quantitative estimate of drug-likeness (QED) is 0.460. The van der Waals surface area contributed by atoms with Crippen LogP contribution in [0.25, 0.3) is 11.1 Å². The van der Waals surface area contributed by atoms with Gasteiger partial charge in [0, 0.05) is 54.5 Å². The number of nitrogens with one attached hydrogen (secondary N) is 2. The van der Waals surface area contributed by atoms with Gasteiger partial charge in [0.2, 0.25) is 5.95 Å². The molecule has 9 nitrogen and oxygen atoms in total. The Morgan fingerprint density at radius 2 is 1.77 bits per heavy atom. The maximum Gasteiger partial charge on any atom is 0.229 e. The van der Waals surface area contributed by atoms with E-state index in [0.29, 0.717) is 23.6 Å². The van der Waals surface area contributed by atoms with Gasteiger partial charge < -0.3 is 21.1 Å². The topological polar surface area (TPSA) is 127 Å². The van der Waals surface area contributed by atoms with Crippen LogP contribution in [0.15, 0.2) is 42.9 Å². The lowest BCUT2D eigenvalue weighted by Crippen LogP contribution is -2.33. The maximum atomic E-state index is 9.03. The molecule has 10 heteroatoms. The zero-order valence-electron chi connectivity index (χ0n) is 19.6. The summed E-state index contributed by atoms with van der Waals surface area (Å²) in [6.45, 7) is 1.55. The Morgan fingerprint density at radius 3 is 2.49 bits per heavy atom. The van der Waals surface area contributed by atoms with Gasteiger partial charge in [-0.25, -0.2) is 4.98 Å². The molecule has 4 N–H and O–H groups in total. The van der Waals surface area contributed by atoms with Crippen LogP contribution >= 0.6 is 12.4 Å². The maximum absolute atomic E-state index is 9.03. The molecule has 2 fully saturated rings. The SMILES string of the molecule is Cl.N#Cc1ccc(Nc2ncc(-c3cnn(C4CCOCC4)c3)c(NC3CCC(N)CC3)n2)cc1. The number of hydrogen-bond donors (Lipinski definition) is 3. The summed E-state index contributed by atoms with van der Waals surface area (Å²) in [5, 5.41) is 20.6. The van der Waals surface area contributed by atoms with Gasteiger partial charge in [-0.3, -0.25) is 4.68 Å². The molecule has 184 valence electrons. The second-order valence-corrected chi connectivity index (χ2v) is 9.08. The van der Waals surface area contributed by atoms with Crippen LogP contribution in [0.2, 0.25) is 0 Å². The number of nitrogens with two attached hydrogens (primary N) is 1. The summed E-state index contributed by atoms with van der Waals surface area (Å²) in [5.41, 5.74) is 9.47. The Bertz CT molecular complexity index is 1150. The lowest BCUT2D eigenvalue weighted by atomic mass is 9.91. The highest BCUT2D eigenvalue weighted by atomic mass is 35.5. The van der Waals surface area contributed by atoms with E-state index in [1.807, 2.05) is 29.2 Å². The summed E-state index contributed by atoms with van der Waals surface area (Å²) in [7, 11) is 0.